The fraction of sp³-hybridized carbons (Fsp3) is 0.714. The van der Waals surface area contributed by atoms with Crippen LogP contribution in [-0.4, -0.2) is 24.1 Å². The molecule has 19 heavy (non-hydrogen) atoms. The minimum absolute atomic E-state index is 0.307. The quantitative estimate of drug-likeness (QED) is 0.861. The van der Waals surface area contributed by atoms with Gasteiger partial charge in [0.05, 0.1) is 13.3 Å². The molecule has 2 fully saturated rings. The van der Waals surface area contributed by atoms with E-state index in [9.17, 15) is 4.79 Å². The third-order valence-corrected chi connectivity index (χ3v) is 5.59. The Balaban J connectivity index is 1.61. The topological polar surface area (TPSA) is 51.2 Å². The number of methoxy groups -OCH3 is 1. The van der Waals surface area contributed by atoms with Gasteiger partial charge in [0.2, 0.25) is 0 Å². The molecule has 1 N–H and O–H groups in total. The van der Waals surface area contributed by atoms with E-state index in [-0.39, 0.29) is 5.97 Å². The van der Waals surface area contributed by atoms with Crippen molar-refractivity contribution in [2.24, 2.45) is 17.8 Å². The normalized spacial score (nSPS) is 30.3. The number of fused-ring (bicyclic) bond motifs is 2. The van der Waals surface area contributed by atoms with E-state index in [1.807, 2.05) is 0 Å². The van der Waals surface area contributed by atoms with Gasteiger partial charge in [-0.05, 0) is 43.9 Å². The fourth-order valence-electron chi connectivity index (χ4n) is 3.74. The van der Waals surface area contributed by atoms with Crippen molar-refractivity contribution in [3.8, 4) is 0 Å². The van der Waals surface area contributed by atoms with E-state index in [2.05, 4.69) is 17.2 Å². The maximum absolute atomic E-state index is 11.4. The average Bonchev–Trinajstić information content (AvgIpc) is 3.13. The standard InChI is InChI=1S/C14H20N2O2S/c1-8(11-6-9-3-4-10(11)5-9)16-14-15-7-12(19-14)13(17)18-2/h7-11H,3-6H2,1-2H3,(H,15,16). The van der Waals surface area contributed by atoms with Crippen molar-refractivity contribution in [2.75, 3.05) is 12.4 Å². The smallest absolute Gasteiger partial charge is 0.349 e. The number of thiazole rings is 1. The monoisotopic (exact) mass is 280 g/mol. The molecule has 2 aliphatic rings. The highest BCUT2D eigenvalue weighted by Crippen LogP contribution is 2.49. The Kier molecular flexibility index (Phi) is 3.48. The van der Waals surface area contributed by atoms with E-state index in [1.165, 1.54) is 44.1 Å². The molecule has 0 amide bonds. The number of ether oxygens (including phenoxy) is 1. The molecule has 2 bridgehead atoms. The maximum atomic E-state index is 11.4. The van der Waals surface area contributed by atoms with Crippen LogP contribution >= 0.6 is 11.3 Å². The summed E-state index contributed by atoms with van der Waals surface area (Å²) in [7, 11) is 1.40. The van der Waals surface area contributed by atoms with Crippen molar-refractivity contribution in [3.05, 3.63) is 11.1 Å². The van der Waals surface area contributed by atoms with Gasteiger partial charge < -0.3 is 10.1 Å². The Bertz CT molecular complexity index is 474. The van der Waals surface area contributed by atoms with E-state index in [1.54, 1.807) is 6.20 Å². The SMILES string of the molecule is COC(=O)c1cnc(NC(C)C2CC3CCC2C3)s1. The molecule has 1 aromatic rings. The molecule has 3 rings (SSSR count). The van der Waals surface area contributed by atoms with Gasteiger partial charge in [0.15, 0.2) is 5.13 Å². The van der Waals surface area contributed by atoms with Crippen LogP contribution in [0.1, 0.15) is 42.3 Å². The lowest BCUT2D eigenvalue weighted by Gasteiger charge is -2.28. The van der Waals surface area contributed by atoms with Gasteiger partial charge in [-0.1, -0.05) is 17.8 Å². The van der Waals surface area contributed by atoms with Crippen LogP contribution in [0.25, 0.3) is 0 Å². The zero-order valence-corrected chi connectivity index (χ0v) is 12.2. The summed E-state index contributed by atoms with van der Waals surface area (Å²) < 4.78 is 4.70. The second-order valence-corrected chi connectivity index (χ2v) is 6.82. The number of anilines is 1. The van der Waals surface area contributed by atoms with Gasteiger partial charge in [-0.3, -0.25) is 0 Å². The number of nitrogens with zero attached hydrogens (tertiary/aromatic N) is 1. The third kappa shape index (κ3) is 2.48. The van der Waals surface area contributed by atoms with Crippen LogP contribution in [0, 0.1) is 17.8 Å². The first kappa shape index (κ1) is 12.9. The Morgan fingerprint density at radius 2 is 2.37 bits per heavy atom. The predicted molar refractivity (Wildman–Crippen MR) is 75.5 cm³/mol. The van der Waals surface area contributed by atoms with E-state index < -0.39 is 0 Å². The summed E-state index contributed by atoms with van der Waals surface area (Å²) in [6.07, 6.45) is 7.19. The lowest BCUT2D eigenvalue weighted by atomic mass is 9.84. The van der Waals surface area contributed by atoms with Gasteiger partial charge in [-0.15, -0.1) is 0 Å². The molecule has 0 saturated heterocycles. The summed E-state index contributed by atoms with van der Waals surface area (Å²) in [4.78, 5) is 16.2. The molecule has 1 aromatic heterocycles. The number of carbonyl (C=O) groups excluding carboxylic acids is 1. The molecule has 2 saturated carbocycles. The summed E-state index contributed by atoms with van der Waals surface area (Å²) in [5.41, 5.74) is 0. The number of aromatic nitrogens is 1. The molecule has 0 spiro atoms. The van der Waals surface area contributed by atoms with Crippen molar-refractivity contribution in [1.82, 2.24) is 4.98 Å². The largest absolute Gasteiger partial charge is 0.465 e. The zero-order valence-electron chi connectivity index (χ0n) is 11.4. The second kappa shape index (κ2) is 5.12. The van der Waals surface area contributed by atoms with Gasteiger partial charge >= 0.3 is 5.97 Å². The summed E-state index contributed by atoms with van der Waals surface area (Å²) in [6, 6.07) is 0.437. The first-order valence-corrected chi connectivity index (χ1v) is 7.79. The van der Waals surface area contributed by atoms with Crippen molar-refractivity contribution >= 4 is 22.4 Å². The molecule has 4 nitrogen and oxygen atoms in total. The molecule has 4 unspecified atom stereocenters. The number of nitrogens with one attached hydrogen (secondary N) is 1. The molecule has 0 aromatic carbocycles. The van der Waals surface area contributed by atoms with Gasteiger partial charge in [0.25, 0.3) is 0 Å². The van der Waals surface area contributed by atoms with Crippen LogP contribution in [0.15, 0.2) is 6.20 Å². The Hall–Kier alpha value is -1.10. The van der Waals surface area contributed by atoms with Crippen LogP contribution in [-0.2, 0) is 4.74 Å². The lowest BCUT2D eigenvalue weighted by molar-refractivity contribution is 0.0606. The van der Waals surface area contributed by atoms with E-state index in [0.717, 1.165) is 22.9 Å². The molecule has 1 heterocycles. The van der Waals surface area contributed by atoms with E-state index in [4.69, 9.17) is 4.74 Å². The van der Waals surface area contributed by atoms with E-state index >= 15 is 0 Å². The maximum Gasteiger partial charge on any atom is 0.349 e. The minimum Gasteiger partial charge on any atom is -0.465 e. The molecule has 104 valence electrons. The summed E-state index contributed by atoms with van der Waals surface area (Å²) >= 11 is 1.38. The fourth-order valence-corrected chi connectivity index (χ4v) is 4.57. The molecule has 0 aliphatic heterocycles. The number of carbonyl (C=O) groups is 1. The Labute approximate surface area is 117 Å². The van der Waals surface area contributed by atoms with Crippen LogP contribution in [0.2, 0.25) is 0 Å². The van der Waals surface area contributed by atoms with Crippen molar-refractivity contribution in [2.45, 2.75) is 38.6 Å². The third-order valence-electron chi connectivity index (χ3n) is 4.68. The highest BCUT2D eigenvalue weighted by Gasteiger charge is 2.41. The predicted octanol–water partition coefficient (Wildman–Crippen LogP) is 3.17. The highest BCUT2D eigenvalue weighted by atomic mass is 32.1. The van der Waals surface area contributed by atoms with Crippen LogP contribution in [0.5, 0.6) is 0 Å². The summed E-state index contributed by atoms with van der Waals surface area (Å²) in [6.45, 7) is 2.24. The van der Waals surface area contributed by atoms with Gasteiger partial charge in [-0.25, -0.2) is 9.78 Å². The average molecular weight is 280 g/mol. The zero-order chi connectivity index (χ0) is 13.4. The van der Waals surface area contributed by atoms with Crippen molar-refractivity contribution in [3.63, 3.8) is 0 Å². The minimum atomic E-state index is -0.307. The Morgan fingerprint density at radius 1 is 1.53 bits per heavy atom. The second-order valence-electron chi connectivity index (χ2n) is 5.79. The molecule has 0 radical (unpaired) electrons. The van der Waals surface area contributed by atoms with Crippen LogP contribution in [0.4, 0.5) is 5.13 Å². The first-order valence-electron chi connectivity index (χ1n) is 6.98. The van der Waals surface area contributed by atoms with Gasteiger partial charge in [-0.2, -0.15) is 0 Å². The molecule has 2 aliphatic carbocycles. The number of rotatable bonds is 4. The van der Waals surface area contributed by atoms with E-state index in [0.29, 0.717) is 10.9 Å². The lowest BCUT2D eigenvalue weighted by Crippen LogP contribution is -2.29. The van der Waals surface area contributed by atoms with Gasteiger partial charge in [0.1, 0.15) is 4.88 Å². The number of hydrogen-bond acceptors (Lipinski definition) is 5. The van der Waals surface area contributed by atoms with Crippen LogP contribution in [0.3, 0.4) is 0 Å². The summed E-state index contributed by atoms with van der Waals surface area (Å²) in [5.74, 6) is 2.32. The van der Waals surface area contributed by atoms with Crippen molar-refractivity contribution < 1.29 is 9.53 Å². The van der Waals surface area contributed by atoms with Gasteiger partial charge in [0, 0.05) is 6.04 Å². The highest BCUT2D eigenvalue weighted by molar-refractivity contribution is 7.17. The van der Waals surface area contributed by atoms with Crippen LogP contribution < -0.4 is 5.32 Å². The molecule has 4 atom stereocenters. The number of hydrogen-bond donors (Lipinski definition) is 1. The summed E-state index contributed by atoms with van der Waals surface area (Å²) in [5, 5.41) is 4.30. The van der Waals surface area contributed by atoms with Crippen molar-refractivity contribution in [1.29, 1.82) is 0 Å². The molecular weight excluding hydrogens is 260 g/mol. The first-order chi connectivity index (χ1) is 9.17. The molecular formula is C14H20N2O2S. The number of esters is 1. The molecule has 5 heteroatoms. The Morgan fingerprint density at radius 3 is 3.00 bits per heavy atom.